The number of benzene rings is 1. The molecule has 0 aliphatic carbocycles. The molecule has 0 bridgehead atoms. The Hall–Kier alpha value is -1.33. The Morgan fingerprint density at radius 3 is 2.80 bits per heavy atom. The fourth-order valence-corrected chi connectivity index (χ4v) is 3.33. The van der Waals surface area contributed by atoms with Gasteiger partial charge < -0.3 is 10.1 Å². The van der Waals surface area contributed by atoms with Crippen molar-refractivity contribution in [3.05, 3.63) is 50.1 Å². The lowest BCUT2D eigenvalue weighted by molar-refractivity contribution is 0.0954. The van der Waals surface area contributed by atoms with Crippen molar-refractivity contribution in [1.82, 2.24) is 5.32 Å². The second-order valence-corrected chi connectivity index (χ2v) is 6.94. The highest BCUT2D eigenvalue weighted by Crippen LogP contribution is 2.22. The molecule has 0 fully saturated rings. The Morgan fingerprint density at radius 1 is 1.35 bits per heavy atom. The van der Waals surface area contributed by atoms with Crippen molar-refractivity contribution in [2.45, 2.75) is 13.3 Å². The monoisotopic (exact) mass is 353 g/mol. The van der Waals surface area contributed by atoms with Gasteiger partial charge in [0.25, 0.3) is 5.91 Å². The van der Waals surface area contributed by atoms with Gasteiger partial charge in [0.1, 0.15) is 5.75 Å². The maximum absolute atomic E-state index is 12.0. The van der Waals surface area contributed by atoms with E-state index in [0.717, 1.165) is 21.5 Å². The summed E-state index contributed by atoms with van der Waals surface area (Å²) in [6, 6.07) is 9.56. The Kier molecular flexibility index (Phi) is 5.20. The van der Waals surface area contributed by atoms with Gasteiger partial charge in [-0.3, -0.25) is 4.79 Å². The van der Waals surface area contributed by atoms with E-state index in [4.69, 9.17) is 4.74 Å². The lowest BCUT2D eigenvalue weighted by Gasteiger charge is -2.08. The summed E-state index contributed by atoms with van der Waals surface area (Å²) in [6.45, 7) is 2.58. The van der Waals surface area contributed by atoms with Crippen LogP contribution in [0.1, 0.15) is 20.8 Å². The van der Waals surface area contributed by atoms with Gasteiger partial charge in [-0.1, -0.05) is 6.07 Å². The van der Waals surface area contributed by atoms with Crippen molar-refractivity contribution in [1.29, 1.82) is 0 Å². The molecular formula is C15H16BrNO2S. The molecule has 0 saturated carbocycles. The molecule has 0 aliphatic rings. The van der Waals surface area contributed by atoms with Crippen LogP contribution in [0.3, 0.4) is 0 Å². The molecule has 2 rings (SSSR count). The maximum atomic E-state index is 12.0. The molecule has 1 amide bonds. The van der Waals surface area contributed by atoms with E-state index in [2.05, 4.69) is 27.3 Å². The van der Waals surface area contributed by atoms with Crippen molar-refractivity contribution >= 4 is 33.2 Å². The van der Waals surface area contributed by atoms with E-state index in [9.17, 15) is 4.79 Å². The SMILES string of the molecule is COc1cc(C(=O)NCCc2ccc(Br)s2)ccc1C. The second kappa shape index (κ2) is 6.90. The predicted octanol–water partition coefficient (Wildman–Crippen LogP) is 3.80. The molecular weight excluding hydrogens is 338 g/mol. The number of carbonyl (C=O) groups is 1. The van der Waals surface area contributed by atoms with E-state index in [1.54, 1.807) is 24.5 Å². The highest BCUT2D eigenvalue weighted by Gasteiger charge is 2.08. The van der Waals surface area contributed by atoms with Crippen molar-refractivity contribution in [2.75, 3.05) is 13.7 Å². The zero-order valence-corrected chi connectivity index (χ0v) is 13.8. The van der Waals surface area contributed by atoms with Gasteiger partial charge in [-0.25, -0.2) is 0 Å². The standard InChI is InChI=1S/C15H16BrNO2S/c1-10-3-4-11(9-13(10)19-2)15(18)17-8-7-12-5-6-14(16)20-12/h3-6,9H,7-8H2,1-2H3,(H,17,18). The van der Waals surface area contributed by atoms with Crippen LogP contribution in [0.5, 0.6) is 5.75 Å². The number of aryl methyl sites for hydroxylation is 1. The summed E-state index contributed by atoms with van der Waals surface area (Å²) in [4.78, 5) is 13.3. The Balaban J connectivity index is 1.91. The van der Waals surface area contributed by atoms with Gasteiger partial charge in [0.15, 0.2) is 0 Å². The molecule has 0 saturated heterocycles. The molecule has 106 valence electrons. The summed E-state index contributed by atoms with van der Waals surface area (Å²) in [7, 11) is 1.61. The maximum Gasteiger partial charge on any atom is 0.251 e. The Labute approximate surface area is 131 Å². The summed E-state index contributed by atoms with van der Waals surface area (Å²) < 4.78 is 6.34. The number of ether oxygens (including phenoxy) is 1. The lowest BCUT2D eigenvalue weighted by atomic mass is 10.1. The number of methoxy groups -OCH3 is 1. The minimum atomic E-state index is -0.0704. The van der Waals surface area contributed by atoms with Gasteiger partial charge in [-0.2, -0.15) is 0 Å². The molecule has 0 spiro atoms. The molecule has 0 unspecified atom stereocenters. The molecule has 2 aromatic rings. The molecule has 1 N–H and O–H groups in total. The molecule has 1 aromatic carbocycles. The number of hydrogen-bond donors (Lipinski definition) is 1. The van der Waals surface area contributed by atoms with E-state index < -0.39 is 0 Å². The van der Waals surface area contributed by atoms with Crippen LogP contribution in [0.15, 0.2) is 34.1 Å². The van der Waals surface area contributed by atoms with E-state index >= 15 is 0 Å². The zero-order valence-electron chi connectivity index (χ0n) is 11.4. The molecule has 0 atom stereocenters. The van der Waals surface area contributed by atoms with Gasteiger partial charge in [0.05, 0.1) is 10.9 Å². The minimum Gasteiger partial charge on any atom is -0.496 e. The van der Waals surface area contributed by atoms with Gasteiger partial charge in [-0.05, 0) is 59.1 Å². The quantitative estimate of drug-likeness (QED) is 0.887. The fourth-order valence-electron chi connectivity index (χ4n) is 1.85. The number of nitrogens with one attached hydrogen (secondary N) is 1. The number of thiophene rings is 1. The average molecular weight is 354 g/mol. The summed E-state index contributed by atoms with van der Waals surface area (Å²) in [5.74, 6) is 0.666. The first-order chi connectivity index (χ1) is 9.60. The third-order valence-corrected chi connectivity index (χ3v) is 4.64. The first-order valence-corrected chi connectivity index (χ1v) is 7.88. The lowest BCUT2D eigenvalue weighted by Crippen LogP contribution is -2.25. The van der Waals surface area contributed by atoms with E-state index in [-0.39, 0.29) is 5.91 Å². The van der Waals surface area contributed by atoms with Crippen LogP contribution in [0, 0.1) is 6.92 Å². The molecule has 0 aliphatic heterocycles. The number of carbonyl (C=O) groups excluding carboxylic acids is 1. The molecule has 20 heavy (non-hydrogen) atoms. The van der Waals surface area contributed by atoms with Gasteiger partial charge in [-0.15, -0.1) is 11.3 Å². The van der Waals surface area contributed by atoms with E-state index in [1.807, 2.05) is 25.1 Å². The Bertz CT molecular complexity index is 610. The van der Waals surface area contributed by atoms with Crippen LogP contribution in [-0.2, 0) is 6.42 Å². The average Bonchev–Trinajstić information content (AvgIpc) is 2.85. The highest BCUT2D eigenvalue weighted by molar-refractivity contribution is 9.11. The highest BCUT2D eigenvalue weighted by atomic mass is 79.9. The summed E-state index contributed by atoms with van der Waals surface area (Å²) in [5.41, 5.74) is 1.65. The summed E-state index contributed by atoms with van der Waals surface area (Å²) >= 11 is 5.12. The first-order valence-electron chi connectivity index (χ1n) is 6.27. The molecule has 3 nitrogen and oxygen atoms in total. The number of hydrogen-bond acceptors (Lipinski definition) is 3. The molecule has 5 heteroatoms. The number of halogens is 1. The smallest absolute Gasteiger partial charge is 0.251 e. The summed E-state index contributed by atoms with van der Waals surface area (Å²) in [5, 5.41) is 2.92. The first kappa shape index (κ1) is 15.1. The minimum absolute atomic E-state index is 0.0704. The van der Waals surface area contributed by atoms with Crippen LogP contribution >= 0.6 is 27.3 Å². The van der Waals surface area contributed by atoms with Crippen LogP contribution in [-0.4, -0.2) is 19.6 Å². The van der Waals surface area contributed by atoms with E-state index in [0.29, 0.717) is 12.1 Å². The summed E-state index contributed by atoms with van der Waals surface area (Å²) in [6.07, 6.45) is 0.838. The number of rotatable bonds is 5. The van der Waals surface area contributed by atoms with Crippen LogP contribution in [0.2, 0.25) is 0 Å². The molecule has 0 radical (unpaired) electrons. The largest absolute Gasteiger partial charge is 0.496 e. The molecule has 1 aromatic heterocycles. The van der Waals surface area contributed by atoms with E-state index in [1.165, 1.54) is 4.88 Å². The second-order valence-electron chi connectivity index (χ2n) is 4.40. The predicted molar refractivity (Wildman–Crippen MR) is 85.8 cm³/mol. The fraction of sp³-hybridized carbons (Fsp3) is 0.267. The van der Waals surface area contributed by atoms with Crippen molar-refractivity contribution in [3.63, 3.8) is 0 Å². The Morgan fingerprint density at radius 2 is 2.15 bits per heavy atom. The van der Waals surface area contributed by atoms with Gasteiger partial charge in [0.2, 0.25) is 0 Å². The third-order valence-electron chi connectivity index (χ3n) is 2.96. The topological polar surface area (TPSA) is 38.3 Å². The number of amides is 1. The van der Waals surface area contributed by atoms with Crippen molar-refractivity contribution in [3.8, 4) is 5.75 Å². The van der Waals surface area contributed by atoms with Crippen molar-refractivity contribution in [2.24, 2.45) is 0 Å². The van der Waals surface area contributed by atoms with Gasteiger partial charge >= 0.3 is 0 Å². The molecule has 1 heterocycles. The van der Waals surface area contributed by atoms with Crippen LogP contribution in [0.4, 0.5) is 0 Å². The van der Waals surface area contributed by atoms with Crippen LogP contribution < -0.4 is 10.1 Å². The van der Waals surface area contributed by atoms with Gasteiger partial charge in [0, 0.05) is 17.0 Å². The van der Waals surface area contributed by atoms with Crippen molar-refractivity contribution < 1.29 is 9.53 Å². The van der Waals surface area contributed by atoms with Crippen LogP contribution in [0.25, 0.3) is 0 Å². The third kappa shape index (κ3) is 3.84. The normalized spacial score (nSPS) is 10.3. The zero-order chi connectivity index (χ0) is 14.5.